The van der Waals surface area contributed by atoms with E-state index in [0.29, 0.717) is 12.2 Å². The molecule has 1 heterocycles. The maximum Gasteiger partial charge on any atom is 0.312 e. The molecule has 0 saturated heterocycles. The Morgan fingerprint density at radius 1 is 1.29 bits per heavy atom. The van der Waals surface area contributed by atoms with Crippen LogP contribution < -0.4 is 0 Å². The predicted octanol–water partition coefficient (Wildman–Crippen LogP) is 3.10. The molecule has 1 aromatic heterocycles. The average Bonchev–Trinajstić information content (AvgIpc) is 2.46. The number of ether oxygens (including phenoxy) is 1. The Morgan fingerprint density at radius 2 is 2.00 bits per heavy atom. The van der Waals surface area contributed by atoms with Gasteiger partial charge in [0.15, 0.2) is 0 Å². The first-order valence-corrected chi connectivity index (χ1v) is 7.23. The first-order chi connectivity index (χ1) is 10.1. The molecule has 0 spiro atoms. The molecule has 0 saturated carbocycles. The van der Waals surface area contributed by atoms with Gasteiger partial charge in [-0.3, -0.25) is 9.78 Å². The number of nitrogens with zero attached hydrogens (tertiary/aromatic N) is 1. The molecule has 2 unspecified atom stereocenters. The number of hydrogen-bond acceptors (Lipinski definition) is 4. The number of aliphatic hydroxyl groups excluding tert-OH is 1. The van der Waals surface area contributed by atoms with Crippen LogP contribution in [0.2, 0.25) is 0 Å². The Kier molecular flexibility index (Phi) is 4.91. The van der Waals surface area contributed by atoms with Crippen LogP contribution in [0.15, 0.2) is 36.7 Å². The first-order valence-electron chi connectivity index (χ1n) is 7.23. The minimum Gasteiger partial charge on any atom is -0.466 e. The predicted molar refractivity (Wildman–Crippen MR) is 81.7 cm³/mol. The zero-order valence-corrected chi connectivity index (χ0v) is 12.6. The van der Waals surface area contributed by atoms with E-state index in [4.69, 9.17) is 4.74 Å². The van der Waals surface area contributed by atoms with Crippen LogP contribution in [0, 0.1) is 11.8 Å². The topological polar surface area (TPSA) is 59.4 Å². The van der Waals surface area contributed by atoms with Gasteiger partial charge in [0.2, 0.25) is 0 Å². The molecule has 0 bridgehead atoms. The van der Waals surface area contributed by atoms with Gasteiger partial charge in [-0.1, -0.05) is 38.1 Å². The van der Waals surface area contributed by atoms with Gasteiger partial charge in [0.25, 0.3) is 0 Å². The van der Waals surface area contributed by atoms with Crippen LogP contribution in [0.3, 0.4) is 0 Å². The van der Waals surface area contributed by atoms with Gasteiger partial charge in [0, 0.05) is 23.3 Å². The highest BCUT2D eigenvalue weighted by Crippen LogP contribution is 2.32. The summed E-state index contributed by atoms with van der Waals surface area (Å²) in [5, 5.41) is 12.6. The molecular formula is C17H21NO3. The number of benzene rings is 1. The van der Waals surface area contributed by atoms with Crippen molar-refractivity contribution in [1.82, 2.24) is 4.98 Å². The van der Waals surface area contributed by atoms with E-state index in [1.807, 2.05) is 38.1 Å². The molecule has 4 nitrogen and oxygen atoms in total. The number of carbonyl (C=O) groups is 1. The van der Waals surface area contributed by atoms with Gasteiger partial charge in [-0.05, 0) is 18.2 Å². The molecule has 0 amide bonds. The van der Waals surface area contributed by atoms with Gasteiger partial charge in [-0.25, -0.2) is 0 Å². The average molecular weight is 287 g/mol. The van der Waals surface area contributed by atoms with Gasteiger partial charge < -0.3 is 9.84 Å². The SMILES string of the molecule is CCOC(=O)C(C(C)C)C(O)c1cncc2ccccc12. The van der Waals surface area contributed by atoms with E-state index in [-0.39, 0.29) is 11.9 Å². The van der Waals surface area contributed by atoms with E-state index in [1.54, 1.807) is 19.3 Å². The standard InChI is InChI=1S/C17H21NO3/c1-4-21-17(20)15(11(2)3)16(19)14-10-18-9-12-7-5-6-8-13(12)14/h5-11,15-16,19H,4H2,1-3H3. The molecule has 2 atom stereocenters. The van der Waals surface area contributed by atoms with E-state index in [1.165, 1.54) is 0 Å². The van der Waals surface area contributed by atoms with Crippen LogP contribution >= 0.6 is 0 Å². The Hall–Kier alpha value is -1.94. The summed E-state index contributed by atoms with van der Waals surface area (Å²) in [6.07, 6.45) is 2.45. The molecular weight excluding hydrogens is 266 g/mol. The fraction of sp³-hybridized carbons (Fsp3) is 0.412. The largest absolute Gasteiger partial charge is 0.466 e. The quantitative estimate of drug-likeness (QED) is 0.858. The number of aliphatic hydroxyl groups is 1. The Labute approximate surface area is 124 Å². The van der Waals surface area contributed by atoms with Gasteiger partial charge in [0.05, 0.1) is 18.6 Å². The summed E-state index contributed by atoms with van der Waals surface area (Å²) in [5.41, 5.74) is 0.667. The molecule has 0 radical (unpaired) electrons. The van der Waals surface area contributed by atoms with Crippen molar-refractivity contribution in [1.29, 1.82) is 0 Å². The highest BCUT2D eigenvalue weighted by Gasteiger charge is 2.33. The van der Waals surface area contributed by atoms with Crippen molar-refractivity contribution in [2.45, 2.75) is 26.9 Å². The summed E-state index contributed by atoms with van der Waals surface area (Å²) < 4.78 is 5.10. The third-order valence-corrected chi connectivity index (χ3v) is 3.63. The number of rotatable bonds is 5. The minimum atomic E-state index is -0.928. The Bertz CT molecular complexity index is 619. The number of pyridine rings is 1. The van der Waals surface area contributed by atoms with Crippen LogP contribution in [0.4, 0.5) is 0 Å². The molecule has 1 aromatic carbocycles. The van der Waals surface area contributed by atoms with Crippen LogP contribution in [0.1, 0.15) is 32.4 Å². The number of fused-ring (bicyclic) bond motifs is 1. The second-order valence-corrected chi connectivity index (χ2v) is 5.42. The second-order valence-electron chi connectivity index (χ2n) is 5.42. The van der Waals surface area contributed by atoms with Crippen molar-refractivity contribution >= 4 is 16.7 Å². The van der Waals surface area contributed by atoms with Gasteiger partial charge in [-0.15, -0.1) is 0 Å². The van der Waals surface area contributed by atoms with Gasteiger partial charge >= 0.3 is 5.97 Å². The van der Waals surface area contributed by atoms with Crippen molar-refractivity contribution < 1.29 is 14.6 Å². The number of esters is 1. The van der Waals surface area contributed by atoms with E-state index < -0.39 is 12.0 Å². The van der Waals surface area contributed by atoms with Crippen LogP contribution in [-0.2, 0) is 9.53 Å². The van der Waals surface area contributed by atoms with E-state index in [0.717, 1.165) is 10.8 Å². The zero-order valence-electron chi connectivity index (χ0n) is 12.6. The fourth-order valence-corrected chi connectivity index (χ4v) is 2.57. The highest BCUT2D eigenvalue weighted by molar-refractivity contribution is 5.85. The maximum absolute atomic E-state index is 12.1. The summed E-state index contributed by atoms with van der Waals surface area (Å²) >= 11 is 0. The molecule has 0 aliphatic heterocycles. The summed E-state index contributed by atoms with van der Waals surface area (Å²) in [6, 6.07) is 7.70. The van der Waals surface area contributed by atoms with Crippen LogP contribution in [0.25, 0.3) is 10.8 Å². The minimum absolute atomic E-state index is 0.0296. The lowest BCUT2D eigenvalue weighted by Crippen LogP contribution is -2.29. The van der Waals surface area contributed by atoms with Crippen molar-refractivity contribution in [3.63, 3.8) is 0 Å². The monoisotopic (exact) mass is 287 g/mol. The summed E-state index contributed by atoms with van der Waals surface area (Å²) in [6.45, 7) is 5.89. The lowest BCUT2D eigenvalue weighted by atomic mass is 9.85. The van der Waals surface area contributed by atoms with Crippen LogP contribution in [-0.4, -0.2) is 22.7 Å². The second kappa shape index (κ2) is 6.68. The lowest BCUT2D eigenvalue weighted by Gasteiger charge is -2.25. The van der Waals surface area contributed by atoms with Crippen molar-refractivity contribution in [3.05, 3.63) is 42.2 Å². The smallest absolute Gasteiger partial charge is 0.312 e. The van der Waals surface area contributed by atoms with Gasteiger partial charge in [0.1, 0.15) is 0 Å². The number of carbonyl (C=O) groups excluding carboxylic acids is 1. The number of aromatic nitrogens is 1. The fourth-order valence-electron chi connectivity index (χ4n) is 2.57. The summed E-state index contributed by atoms with van der Waals surface area (Å²) in [4.78, 5) is 16.3. The van der Waals surface area contributed by atoms with Crippen molar-refractivity contribution in [3.8, 4) is 0 Å². The van der Waals surface area contributed by atoms with Crippen molar-refractivity contribution in [2.24, 2.45) is 11.8 Å². The zero-order chi connectivity index (χ0) is 15.4. The third kappa shape index (κ3) is 3.22. The molecule has 1 N–H and O–H groups in total. The van der Waals surface area contributed by atoms with Crippen molar-refractivity contribution in [2.75, 3.05) is 6.61 Å². The van der Waals surface area contributed by atoms with E-state index in [2.05, 4.69) is 4.98 Å². The molecule has 0 fully saturated rings. The maximum atomic E-state index is 12.1. The molecule has 2 aromatic rings. The highest BCUT2D eigenvalue weighted by atomic mass is 16.5. The third-order valence-electron chi connectivity index (χ3n) is 3.63. The Balaban J connectivity index is 2.43. The molecule has 0 aliphatic carbocycles. The van der Waals surface area contributed by atoms with E-state index in [9.17, 15) is 9.90 Å². The van der Waals surface area contributed by atoms with E-state index >= 15 is 0 Å². The molecule has 21 heavy (non-hydrogen) atoms. The van der Waals surface area contributed by atoms with Crippen LogP contribution in [0.5, 0.6) is 0 Å². The lowest BCUT2D eigenvalue weighted by molar-refractivity contribution is -0.154. The first kappa shape index (κ1) is 15.4. The Morgan fingerprint density at radius 3 is 2.67 bits per heavy atom. The normalized spacial score (nSPS) is 14.1. The molecule has 0 aliphatic rings. The number of hydrogen-bond donors (Lipinski definition) is 1. The summed E-state index contributed by atoms with van der Waals surface area (Å²) in [7, 11) is 0. The molecule has 2 rings (SSSR count). The van der Waals surface area contributed by atoms with Gasteiger partial charge in [-0.2, -0.15) is 0 Å². The molecule has 4 heteroatoms. The summed E-state index contributed by atoms with van der Waals surface area (Å²) in [5.74, 6) is -0.997. The molecule has 112 valence electrons.